The number of rotatable bonds is 4. The van der Waals surface area contributed by atoms with Gasteiger partial charge >= 0.3 is 5.97 Å². The van der Waals surface area contributed by atoms with E-state index in [1.807, 2.05) is 6.07 Å². The van der Waals surface area contributed by atoms with Crippen molar-refractivity contribution in [3.8, 4) is 5.75 Å². The van der Waals surface area contributed by atoms with Crippen molar-refractivity contribution in [3.05, 3.63) is 48.3 Å². The zero-order valence-corrected chi connectivity index (χ0v) is 14.3. The molecule has 2 aromatic rings. The quantitative estimate of drug-likeness (QED) is 0.628. The van der Waals surface area contributed by atoms with Crippen LogP contribution < -0.4 is 4.74 Å². The Labute approximate surface area is 141 Å². The maximum absolute atomic E-state index is 12.7. The van der Waals surface area contributed by atoms with Crippen LogP contribution in [0.1, 0.15) is 29.8 Å². The summed E-state index contributed by atoms with van der Waals surface area (Å²) in [5, 5.41) is 0. The number of carbonyl (C=O) groups is 1. The summed E-state index contributed by atoms with van der Waals surface area (Å²) >= 11 is 0. The minimum atomic E-state index is -3.57. The second kappa shape index (κ2) is 6.78. The van der Waals surface area contributed by atoms with Crippen molar-refractivity contribution < 1.29 is 17.9 Å². The van der Waals surface area contributed by atoms with Gasteiger partial charge in [0.15, 0.2) is 0 Å². The van der Waals surface area contributed by atoms with E-state index < -0.39 is 16.0 Å². The van der Waals surface area contributed by atoms with E-state index in [1.165, 1.54) is 21.1 Å². The largest absolute Gasteiger partial charge is 0.422 e. The van der Waals surface area contributed by atoms with E-state index in [0.29, 0.717) is 18.8 Å². The number of aryl methyl sites for hydroxylation is 1. The molecule has 1 aromatic carbocycles. The number of sulfonamides is 1. The molecule has 0 unspecified atom stereocenters. The van der Waals surface area contributed by atoms with Crippen LogP contribution in [0, 0.1) is 0 Å². The number of nitrogens with zero attached hydrogens (tertiary/aromatic N) is 2. The summed E-state index contributed by atoms with van der Waals surface area (Å²) < 4.78 is 33.6. The molecule has 6 nitrogen and oxygen atoms in total. The van der Waals surface area contributed by atoms with E-state index in [-0.39, 0.29) is 10.6 Å². The van der Waals surface area contributed by atoms with Gasteiger partial charge in [0.1, 0.15) is 16.3 Å². The molecule has 2 heterocycles. The van der Waals surface area contributed by atoms with Crippen LogP contribution in [0.4, 0.5) is 0 Å². The Balaban J connectivity index is 1.83. The Morgan fingerprint density at radius 2 is 1.75 bits per heavy atom. The van der Waals surface area contributed by atoms with Crippen molar-refractivity contribution in [2.24, 2.45) is 7.05 Å². The molecule has 1 fully saturated rings. The van der Waals surface area contributed by atoms with Gasteiger partial charge in [-0.25, -0.2) is 13.2 Å². The SMILES string of the molecule is Cn1cc(S(=O)(=O)N2CCCCC2)cc1C(=O)Oc1ccccc1. The Bertz CT molecular complexity index is 822. The van der Waals surface area contributed by atoms with E-state index >= 15 is 0 Å². The van der Waals surface area contributed by atoms with Crippen LogP contribution in [-0.2, 0) is 17.1 Å². The third-order valence-electron chi connectivity index (χ3n) is 4.10. The van der Waals surface area contributed by atoms with Crippen LogP contribution in [0.25, 0.3) is 0 Å². The summed E-state index contributed by atoms with van der Waals surface area (Å²) in [7, 11) is -1.93. The Morgan fingerprint density at radius 3 is 2.42 bits per heavy atom. The molecule has 24 heavy (non-hydrogen) atoms. The maximum Gasteiger partial charge on any atom is 0.360 e. The third-order valence-corrected chi connectivity index (χ3v) is 5.96. The molecule has 1 saturated heterocycles. The highest BCUT2D eigenvalue weighted by atomic mass is 32.2. The molecule has 0 atom stereocenters. The van der Waals surface area contributed by atoms with Gasteiger partial charge in [-0.05, 0) is 31.0 Å². The maximum atomic E-state index is 12.7. The van der Waals surface area contributed by atoms with Crippen LogP contribution in [0.3, 0.4) is 0 Å². The number of hydrogen-bond donors (Lipinski definition) is 0. The summed E-state index contributed by atoms with van der Waals surface area (Å²) in [6.45, 7) is 1.06. The minimum Gasteiger partial charge on any atom is -0.422 e. The number of benzene rings is 1. The molecular weight excluding hydrogens is 328 g/mol. The molecule has 1 aromatic heterocycles. The van der Waals surface area contributed by atoms with Crippen LogP contribution >= 0.6 is 0 Å². The van der Waals surface area contributed by atoms with Crippen LogP contribution in [0.15, 0.2) is 47.5 Å². The Kier molecular flexibility index (Phi) is 4.73. The van der Waals surface area contributed by atoms with E-state index in [9.17, 15) is 13.2 Å². The second-order valence-corrected chi connectivity index (χ2v) is 7.78. The lowest BCUT2D eigenvalue weighted by molar-refractivity contribution is 0.0725. The van der Waals surface area contributed by atoms with Crippen molar-refractivity contribution in [2.45, 2.75) is 24.2 Å². The summed E-state index contributed by atoms with van der Waals surface area (Å²) in [5.41, 5.74) is 0.203. The molecule has 0 saturated carbocycles. The van der Waals surface area contributed by atoms with Crippen molar-refractivity contribution in [1.29, 1.82) is 0 Å². The smallest absolute Gasteiger partial charge is 0.360 e. The van der Waals surface area contributed by atoms with E-state index in [2.05, 4.69) is 0 Å². The van der Waals surface area contributed by atoms with Crippen molar-refractivity contribution in [2.75, 3.05) is 13.1 Å². The van der Waals surface area contributed by atoms with Gasteiger partial charge in [-0.2, -0.15) is 4.31 Å². The normalized spacial score (nSPS) is 16.0. The number of ether oxygens (including phenoxy) is 1. The van der Waals surface area contributed by atoms with Crippen LogP contribution in [0.5, 0.6) is 5.75 Å². The first-order chi connectivity index (χ1) is 11.5. The highest BCUT2D eigenvalue weighted by Gasteiger charge is 2.28. The van der Waals surface area contributed by atoms with Gasteiger partial charge in [0.2, 0.25) is 10.0 Å². The number of aromatic nitrogens is 1. The standard InChI is InChI=1S/C17H20N2O4S/c1-18-13-15(24(21,22)19-10-6-3-7-11-19)12-16(18)17(20)23-14-8-4-2-5-9-14/h2,4-5,8-9,12-13H,3,6-7,10-11H2,1H3. The molecule has 0 spiro atoms. The van der Waals surface area contributed by atoms with Gasteiger partial charge in [-0.3, -0.25) is 0 Å². The third kappa shape index (κ3) is 3.37. The fraction of sp³-hybridized carbons (Fsp3) is 0.353. The van der Waals surface area contributed by atoms with Gasteiger partial charge < -0.3 is 9.30 Å². The lowest BCUT2D eigenvalue weighted by Crippen LogP contribution is -2.35. The molecular formula is C17H20N2O4S. The number of para-hydroxylation sites is 1. The number of piperidine rings is 1. The van der Waals surface area contributed by atoms with Crippen molar-refractivity contribution >= 4 is 16.0 Å². The van der Waals surface area contributed by atoms with Crippen molar-refractivity contribution in [1.82, 2.24) is 8.87 Å². The first-order valence-corrected chi connectivity index (χ1v) is 9.36. The molecule has 0 amide bonds. The predicted octanol–water partition coefficient (Wildman–Crippen LogP) is 2.42. The van der Waals surface area contributed by atoms with Gasteiger partial charge in [-0.15, -0.1) is 0 Å². The number of esters is 1. The first kappa shape index (κ1) is 16.7. The molecule has 1 aliphatic rings. The zero-order chi connectivity index (χ0) is 17.2. The fourth-order valence-electron chi connectivity index (χ4n) is 2.78. The summed E-state index contributed by atoms with van der Waals surface area (Å²) in [6.07, 6.45) is 4.25. The lowest BCUT2D eigenvalue weighted by Gasteiger charge is -2.25. The molecule has 7 heteroatoms. The Morgan fingerprint density at radius 1 is 1.08 bits per heavy atom. The van der Waals surface area contributed by atoms with Crippen molar-refractivity contribution in [3.63, 3.8) is 0 Å². The summed E-state index contributed by atoms with van der Waals surface area (Å²) in [4.78, 5) is 12.4. The summed E-state index contributed by atoms with van der Waals surface area (Å²) in [6, 6.07) is 10.1. The zero-order valence-electron chi connectivity index (χ0n) is 13.5. The molecule has 0 radical (unpaired) electrons. The number of carbonyl (C=O) groups excluding carboxylic acids is 1. The molecule has 0 N–H and O–H groups in total. The van der Waals surface area contributed by atoms with E-state index in [1.54, 1.807) is 31.3 Å². The van der Waals surface area contributed by atoms with Gasteiger partial charge in [0.25, 0.3) is 0 Å². The average molecular weight is 348 g/mol. The molecule has 1 aliphatic heterocycles. The van der Waals surface area contributed by atoms with Gasteiger partial charge in [-0.1, -0.05) is 24.6 Å². The minimum absolute atomic E-state index is 0.131. The van der Waals surface area contributed by atoms with Gasteiger partial charge in [0, 0.05) is 26.3 Å². The molecule has 128 valence electrons. The Hall–Kier alpha value is -2.12. The topological polar surface area (TPSA) is 68.6 Å². The predicted molar refractivity (Wildman–Crippen MR) is 89.4 cm³/mol. The van der Waals surface area contributed by atoms with E-state index in [0.717, 1.165) is 19.3 Å². The highest BCUT2D eigenvalue weighted by Crippen LogP contribution is 2.23. The van der Waals surface area contributed by atoms with Gasteiger partial charge in [0.05, 0.1) is 0 Å². The first-order valence-electron chi connectivity index (χ1n) is 7.92. The molecule has 3 rings (SSSR count). The number of hydrogen-bond acceptors (Lipinski definition) is 4. The second-order valence-electron chi connectivity index (χ2n) is 5.84. The molecule has 0 bridgehead atoms. The van der Waals surface area contributed by atoms with Crippen LogP contribution in [-0.4, -0.2) is 36.3 Å². The average Bonchev–Trinajstić information content (AvgIpc) is 2.99. The lowest BCUT2D eigenvalue weighted by atomic mass is 10.2. The molecule has 0 aliphatic carbocycles. The highest BCUT2D eigenvalue weighted by molar-refractivity contribution is 7.89. The fourth-order valence-corrected chi connectivity index (χ4v) is 4.37. The monoisotopic (exact) mass is 348 g/mol. The van der Waals surface area contributed by atoms with E-state index in [4.69, 9.17) is 4.74 Å². The summed E-state index contributed by atoms with van der Waals surface area (Å²) in [5.74, 6) is -0.159. The van der Waals surface area contributed by atoms with Crippen LogP contribution in [0.2, 0.25) is 0 Å².